The van der Waals surface area contributed by atoms with E-state index < -0.39 is 0 Å². The minimum absolute atomic E-state index is 0.0177. The number of nitrogens with one attached hydrogen (secondary N) is 1. The van der Waals surface area contributed by atoms with Crippen LogP contribution in [0.4, 0.5) is 5.69 Å². The SMILES string of the molecule is COCCN1C(=O)c2ccccc2NC1c1ccc(OC)c(COc2c(C)cc(C)cc2C)c1. The number of hydrogen-bond donors (Lipinski definition) is 1. The van der Waals surface area contributed by atoms with Gasteiger partial charge in [0.15, 0.2) is 0 Å². The number of para-hydroxylation sites is 1. The summed E-state index contributed by atoms with van der Waals surface area (Å²) in [5.41, 5.74) is 6.79. The van der Waals surface area contributed by atoms with E-state index in [0.29, 0.717) is 25.3 Å². The van der Waals surface area contributed by atoms with Gasteiger partial charge >= 0.3 is 0 Å². The number of carbonyl (C=O) groups excluding carboxylic acids is 1. The molecule has 0 aromatic heterocycles. The molecule has 3 aromatic carbocycles. The third-order valence-corrected chi connectivity index (χ3v) is 6.16. The molecule has 6 nitrogen and oxygen atoms in total. The fraction of sp³-hybridized carbons (Fsp3) is 0.321. The van der Waals surface area contributed by atoms with Gasteiger partial charge in [-0.15, -0.1) is 0 Å². The van der Waals surface area contributed by atoms with Crippen molar-refractivity contribution >= 4 is 11.6 Å². The van der Waals surface area contributed by atoms with Crippen LogP contribution in [0.1, 0.15) is 44.3 Å². The zero-order chi connectivity index (χ0) is 24.2. The maximum Gasteiger partial charge on any atom is 0.257 e. The summed E-state index contributed by atoms with van der Waals surface area (Å²) in [7, 11) is 3.30. The molecule has 0 saturated carbocycles. The minimum Gasteiger partial charge on any atom is -0.496 e. The van der Waals surface area contributed by atoms with Gasteiger partial charge in [-0.05, 0) is 61.7 Å². The molecule has 0 saturated heterocycles. The van der Waals surface area contributed by atoms with Crippen LogP contribution in [0, 0.1) is 20.8 Å². The summed E-state index contributed by atoms with van der Waals surface area (Å²) in [4.78, 5) is 15.1. The topological polar surface area (TPSA) is 60.0 Å². The van der Waals surface area contributed by atoms with Crippen LogP contribution < -0.4 is 14.8 Å². The van der Waals surface area contributed by atoms with E-state index in [4.69, 9.17) is 14.2 Å². The molecule has 0 fully saturated rings. The number of hydrogen-bond acceptors (Lipinski definition) is 5. The third-order valence-electron chi connectivity index (χ3n) is 6.16. The van der Waals surface area contributed by atoms with E-state index in [0.717, 1.165) is 39.4 Å². The Balaban J connectivity index is 1.66. The maximum atomic E-state index is 13.3. The minimum atomic E-state index is -0.329. The van der Waals surface area contributed by atoms with Crippen LogP contribution in [-0.2, 0) is 11.3 Å². The molecule has 178 valence electrons. The van der Waals surface area contributed by atoms with E-state index in [1.165, 1.54) is 5.56 Å². The van der Waals surface area contributed by atoms with Gasteiger partial charge in [0, 0.05) is 24.9 Å². The number of carbonyl (C=O) groups is 1. The molecular weight excluding hydrogens is 428 g/mol. The van der Waals surface area contributed by atoms with Crippen molar-refractivity contribution in [3.05, 3.63) is 88.0 Å². The number of aryl methyl sites for hydroxylation is 3. The molecule has 6 heteroatoms. The summed E-state index contributed by atoms with van der Waals surface area (Å²) in [6, 6.07) is 17.8. The number of anilines is 1. The molecule has 4 rings (SSSR count). The van der Waals surface area contributed by atoms with Gasteiger partial charge in [-0.3, -0.25) is 4.79 Å². The standard InChI is InChI=1S/C28H32N2O4/c1-18-14-19(2)26(20(3)15-18)34-17-22-16-21(10-11-25(22)33-5)27-29-24-9-7-6-8-23(24)28(31)30(27)12-13-32-4/h6-11,14-16,27,29H,12-13,17H2,1-5H3. The van der Waals surface area contributed by atoms with E-state index in [-0.39, 0.29) is 12.1 Å². The zero-order valence-corrected chi connectivity index (χ0v) is 20.5. The Morgan fingerprint density at radius 3 is 2.41 bits per heavy atom. The first-order chi connectivity index (χ1) is 16.4. The first-order valence-electron chi connectivity index (χ1n) is 11.5. The van der Waals surface area contributed by atoms with Crippen LogP contribution in [0.25, 0.3) is 0 Å². The van der Waals surface area contributed by atoms with Crippen molar-refractivity contribution in [2.45, 2.75) is 33.5 Å². The van der Waals surface area contributed by atoms with Gasteiger partial charge in [-0.1, -0.05) is 35.9 Å². The largest absolute Gasteiger partial charge is 0.496 e. The number of benzene rings is 3. The molecule has 1 heterocycles. The number of nitrogens with zero attached hydrogens (tertiary/aromatic N) is 1. The molecule has 1 aliphatic rings. The average Bonchev–Trinajstić information content (AvgIpc) is 2.82. The smallest absolute Gasteiger partial charge is 0.257 e. The Morgan fingerprint density at radius 1 is 0.971 bits per heavy atom. The van der Waals surface area contributed by atoms with Gasteiger partial charge in [0.2, 0.25) is 0 Å². The Kier molecular flexibility index (Phi) is 7.08. The molecule has 34 heavy (non-hydrogen) atoms. The van der Waals surface area contributed by atoms with Gasteiger partial charge in [-0.25, -0.2) is 0 Å². The summed E-state index contributed by atoms with van der Waals surface area (Å²) in [6.07, 6.45) is -0.329. The fourth-order valence-corrected chi connectivity index (χ4v) is 4.60. The summed E-state index contributed by atoms with van der Waals surface area (Å²) in [5, 5.41) is 3.53. The Hall–Kier alpha value is -3.51. The molecule has 1 amide bonds. The molecule has 3 aromatic rings. The molecule has 0 spiro atoms. The lowest BCUT2D eigenvalue weighted by Gasteiger charge is -2.38. The quantitative estimate of drug-likeness (QED) is 0.487. The highest BCUT2D eigenvalue weighted by molar-refractivity contribution is 6.01. The average molecular weight is 461 g/mol. The highest BCUT2D eigenvalue weighted by Gasteiger charge is 2.32. The molecular formula is C28H32N2O4. The molecule has 1 aliphatic heterocycles. The predicted octanol–water partition coefficient (Wildman–Crippen LogP) is 5.41. The molecule has 0 aliphatic carbocycles. The van der Waals surface area contributed by atoms with Gasteiger partial charge in [0.1, 0.15) is 24.3 Å². The second kappa shape index (κ2) is 10.2. The normalized spacial score (nSPS) is 15.0. The highest BCUT2D eigenvalue weighted by atomic mass is 16.5. The second-order valence-electron chi connectivity index (χ2n) is 8.67. The van der Waals surface area contributed by atoms with E-state index in [1.807, 2.05) is 41.3 Å². The number of rotatable bonds is 8. The van der Waals surface area contributed by atoms with Crippen LogP contribution in [0.5, 0.6) is 11.5 Å². The van der Waals surface area contributed by atoms with Crippen LogP contribution in [0.2, 0.25) is 0 Å². The lowest BCUT2D eigenvalue weighted by molar-refractivity contribution is 0.0609. The molecule has 1 unspecified atom stereocenters. The zero-order valence-electron chi connectivity index (χ0n) is 20.5. The van der Waals surface area contributed by atoms with Crippen molar-refractivity contribution in [3.8, 4) is 11.5 Å². The van der Waals surface area contributed by atoms with E-state index in [2.05, 4.69) is 44.3 Å². The van der Waals surface area contributed by atoms with Crippen LogP contribution >= 0.6 is 0 Å². The molecule has 1 N–H and O–H groups in total. The summed E-state index contributed by atoms with van der Waals surface area (Å²) < 4.78 is 17.2. The van der Waals surface area contributed by atoms with E-state index >= 15 is 0 Å². The first kappa shape index (κ1) is 23.6. The molecule has 0 radical (unpaired) electrons. The first-order valence-corrected chi connectivity index (χ1v) is 11.5. The van der Waals surface area contributed by atoms with Gasteiger partial charge in [0.05, 0.1) is 19.3 Å². The second-order valence-corrected chi connectivity index (χ2v) is 8.67. The summed E-state index contributed by atoms with van der Waals surface area (Å²) >= 11 is 0. The lowest BCUT2D eigenvalue weighted by Crippen LogP contribution is -2.44. The van der Waals surface area contributed by atoms with Gasteiger partial charge in [0.25, 0.3) is 5.91 Å². The Labute approximate surface area is 201 Å². The van der Waals surface area contributed by atoms with Gasteiger partial charge < -0.3 is 24.4 Å². The molecule has 1 atom stereocenters. The van der Waals surface area contributed by atoms with Crippen molar-refractivity contribution in [2.24, 2.45) is 0 Å². The summed E-state index contributed by atoms with van der Waals surface area (Å²) in [5.74, 6) is 1.62. The number of ether oxygens (including phenoxy) is 3. The predicted molar refractivity (Wildman–Crippen MR) is 134 cm³/mol. The molecule has 0 bridgehead atoms. The lowest BCUT2D eigenvalue weighted by atomic mass is 10.0. The van der Waals surface area contributed by atoms with E-state index in [1.54, 1.807) is 14.2 Å². The Morgan fingerprint density at radius 2 is 1.71 bits per heavy atom. The van der Waals surface area contributed by atoms with Crippen molar-refractivity contribution in [2.75, 3.05) is 32.7 Å². The Bertz CT molecular complexity index is 1170. The summed E-state index contributed by atoms with van der Waals surface area (Å²) in [6.45, 7) is 7.49. The maximum absolute atomic E-state index is 13.3. The highest BCUT2D eigenvalue weighted by Crippen LogP contribution is 2.35. The van der Waals surface area contributed by atoms with Crippen molar-refractivity contribution in [1.82, 2.24) is 4.90 Å². The van der Waals surface area contributed by atoms with Crippen LogP contribution in [-0.4, -0.2) is 38.2 Å². The number of amides is 1. The van der Waals surface area contributed by atoms with Crippen molar-refractivity contribution in [1.29, 1.82) is 0 Å². The van der Waals surface area contributed by atoms with Crippen LogP contribution in [0.15, 0.2) is 54.6 Å². The van der Waals surface area contributed by atoms with Crippen molar-refractivity contribution in [3.63, 3.8) is 0 Å². The van der Waals surface area contributed by atoms with E-state index in [9.17, 15) is 4.79 Å². The fourth-order valence-electron chi connectivity index (χ4n) is 4.60. The monoisotopic (exact) mass is 460 g/mol. The van der Waals surface area contributed by atoms with Crippen molar-refractivity contribution < 1.29 is 19.0 Å². The number of fused-ring (bicyclic) bond motifs is 1. The third kappa shape index (κ3) is 4.73. The van der Waals surface area contributed by atoms with Gasteiger partial charge in [-0.2, -0.15) is 0 Å². The van der Waals surface area contributed by atoms with Crippen LogP contribution in [0.3, 0.4) is 0 Å². The number of methoxy groups -OCH3 is 2.